The van der Waals surface area contributed by atoms with Crippen molar-refractivity contribution in [3.63, 3.8) is 0 Å². The highest BCUT2D eigenvalue weighted by atomic mass is 35.5. The molecule has 0 amide bonds. The Kier molecular flexibility index (Phi) is 7.51. The maximum atomic E-state index is 12.9. The lowest BCUT2D eigenvalue weighted by atomic mass is 9.94. The van der Waals surface area contributed by atoms with Crippen molar-refractivity contribution in [3.05, 3.63) is 70.5 Å². The van der Waals surface area contributed by atoms with Gasteiger partial charge >= 0.3 is 6.18 Å². The van der Waals surface area contributed by atoms with Crippen LogP contribution in [0.1, 0.15) is 42.6 Å². The number of hydrogen-bond donors (Lipinski definition) is 0. The first-order valence-electron chi connectivity index (χ1n) is 11.8. The van der Waals surface area contributed by atoms with E-state index in [0.29, 0.717) is 10.9 Å². The minimum Gasteiger partial charge on any atom is -0.314 e. The number of alkyl halides is 3. The molecule has 4 nitrogen and oxygen atoms in total. The summed E-state index contributed by atoms with van der Waals surface area (Å²) < 4.78 is 40.7. The lowest BCUT2D eigenvalue weighted by Gasteiger charge is -2.21. The average Bonchev–Trinajstić information content (AvgIpc) is 3.19. The number of piperidine rings is 1. The van der Waals surface area contributed by atoms with Gasteiger partial charge in [0.2, 0.25) is 0 Å². The highest BCUT2D eigenvalue weighted by Crippen LogP contribution is 2.59. The zero-order valence-corrected chi connectivity index (χ0v) is 21.1. The molecule has 0 bridgehead atoms. The van der Waals surface area contributed by atoms with E-state index < -0.39 is 11.7 Å². The van der Waals surface area contributed by atoms with E-state index in [4.69, 9.17) is 11.6 Å². The van der Waals surface area contributed by atoms with Crippen molar-refractivity contribution in [3.8, 4) is 11.4 Å². The predicted molar refractivity (Wildman–Crippen MR) is 134 cm³/mol. The third kappa shape index (κ3) is 5.37. The second kappa shape index (κ2) is 10.1. The van der Waals surface area contributed by atoms with E-state index >= 15 is 0 Å². The summed E-state index contributed by atoms with van der Waals surface area (Å²) in [6, 6.07) is 13.4. The molecule has 9 heteroatoms. The van der Waals surface area contributed by atoms with Crippen molar-refractivity contribution in [1.82, 2.24) is 19.7 Å². The maximum Gasteiger partial charge on any atom is 0.416 e. The minimum absolute atomic E-state index is 0. The summed E-state index contributed by atoms with van der Waals surface area (Å²) in [6.45, 7) is 3.04. The van der Waals surface area contributed by atoms with Crippen molar-refractivity contribution in [1.29, 1.82) is 0 Å². The molecule has 0 radical (unpaired) electrons. The minimum atomic E-state index is -4.27. The van der Waals surface area contributed by atoms with Crippen LogP contribution in [0, 0.1) is 5.92 Å². The molecule has 0 spiro atoms. The first kappa shape index (κ1) is 26.0. The average molecular weight is 525 g/mol. The summed E-state index contributed by atoms with van der Waals surface area (Å²) in [5, 5.41) is 9.41. The SMILES string of the molecule is Cl.Cn1c(CCCCCN2C[C@@H]3C[C@]3(c3ccc(C(F)(F)F)cc3)C2)nnc1-c1ccc(Cl)cc1. The van der Waals surface area contributed by atoms with Gasteiger partial charge in [0, 0.05) is 42.6 Å². The topological polar surface area (TPSA) is 34.0 Å². The maximum absolute atomic E-state index is 12.9. The third-order valence-electron chi connectivity index (χ3n) is 7.45. The summed E-state index contributed by atoms with van der Waals surface area (Å²) in [7, 11) is 2.00. The molecule has 2 fully saturated rings. The fraction of sp³-hybridized carbons (Fsp3) is 0.462. The molecular formula is C26H29Cl2F3N4. The molecule has 3 aromatic rings. The molecule has 2 heterocycles. The fourth-order valence-corrected chi connectivity index (χ4v) is 5.55. The lowest BCUT2D eigenvalue weighted by molar-refractivity contribution is -0.137. The molecule has 1 aliphatic heterocycles. The van der Waals surface area contributed by atoms with E-state index in [0.717, 1.165) is 74.5 Å². The number of hydrogen-bond acceptors (Lipinski definition) is 3. The number of benzene rings is 2. The Morgan fingerprint density at radius 1 is 1.00 bits per heavy atom. The van der Waals surface area contributed by atoms with Gasteiger partial charge in [-0.3, -0.25) is 0 Å². The second-order valence-electron chi connectivity index (χ2n) is 9.68. The number of unbranched alkanes of at least 4 members (excludes halogenated alkanes) is 2. The van der Waals surface area contributed by atoms with Crippen molar-refractivity contribution >= 4 is 24.0 Å². The fourth-order valence-electron chi connectivity index (χ4n) is 5.42. The molecule has 0 N–H and O–H groups in total. The van der Waals surface area contributed by atoms with Crippen molar-refractivity contribution in [2.24, 2.45) is 13.0 Å². The monoisotopic (exact) mass is 524 g/mol. The number of aryl methyl sites for hydroxylation is 1. The van der Waals surface area contributed by atoms with Gasteiger partial charge in [-0.15, -0.1) is 22.6 Å². The molecule has 188 valence electrons. The van der Waals surface area contributed by atoms with Gasteiger partial charge in [-0.2, -0.15) is 13.2 Å². The molecule has 2 aliphatic rings. The van der Waals surface area contributed by atoms with Crippen LogP contribution in [0.2, 0.25) is 5.02 Å². The van der Waals surface area contributed by atoms with Crippen LogP contribution in [0.4, 0.5) is 13.2 Å². The summed E-state index contributed by atoms with van der Waals surface area (Å²) in [5.41, 5.74) is 1.57. The van der Waals surface area contributed by atoms with Gasteiger partial charge < -0.3 is 9.47 Å². The van der Waals surface area contributed by atoms with E-state index in [9.17, 15) is 13.2 Å². The summed E-state index contributed by atoms with van der Waals surface area (Å²) in [5.74, 6) is 2.40. The van der Waals surface area contributed by atoms with Crippen LogP contribution in [0.3, 0.4) is 0 Å². The Balaban J connectivity index is 0.00000289. The van der Waals surface area contributed by atoms with Gasteiger partial charge in [-0.05, 0) is 73.7 Å². The van der Waals surface area contributed by atoms with Crippen molar-refractivity contribution < 1.29 is 13.2 Å². The van der Waals surface area contributed by atoms with E-state index in [-0.39, 0.29) is 17.8 Å². The van der Waals surface area contributed by atoms with Gasteiger partial charge in [-0.1, -0.05) is 30.2 Å². The first-order chi connectivity index (χ1) is 16.3. The quantitative estimate of drug-likeness (QED) is 0.313. The number of aromatic nitrogens is 3. The molecule has 1 aromatic heterocycles. The largest absolute Gasteiger partial charge is 0.416 e. The molecule has 0 unspecified atom stereocenters. The molecule has 35 heavy (non-hydrogen) atoms. The Morgan fingerprint density at radius 2 is 1.71 bits per heavy atom. The molecular weight excluding hydrogens is 496 g/mol. The van der Waals surface area contributed by atoms with Crippen LogP contribution in [0.5, 0.6) is 0 Å². The molecule has 5 rings (SSSR count). The molecule has 1 saturated carbocycles. The standard InChI is InChI=1S/C26H28ClF3N4.ClH/c1-33-23(31-32-24(33)18-6-12-22(27)13-7-18)5-3-2-4-14-34-16-21-15-25(21,17-34)19-8-10-20(11-9-19)26(28,29)30;/h6-13,21H,2-5,14-17H2,1H3;1H/t21-,25+;/m0./s1. The first-order valence-corrected chi connectivity index (χ1v) is 12.2. The van der Waals surface area contributed by atoms with Crippen LogP contribution in [-0.4, -0.2) is 39.3 Å². The molecule has 1 aliphatic carbocycles. The zero-order chi connectivity index (χ0) is 23.9. The smallest absolute Gasteiger partial charge is 0.314 e. The zero-order valence-electron chi connectivity index (χ0n) is 19.6. The Morgan fingerprint density at radius 3 is 2.40 bits per heavy atom. The Bertz CT molecular complexity index is 1140. The highest BCUT2D eigenvalue weighted by Gasteiger charge is 2.60. The molecule has 2 atom stereocenters. The van der Waals surface area contributed by atoms with Crippen molar-refractivity contribution in [2.75, 3.05) is 19.6 Å². The molecule has 2 aromatic carbocycles. The number of halogens is 5. The van der Waals surface area contributed by atoms with Gasteiger partial charge in [0.05, 0.1) is 5.56 Å². The summed E-state index contributed by atoms with van der Waals surface area (Å²) in [6.07, 6.45) is 0.971. The summed E-state index contributed by atoms with van der Waals surface area (Å²) in [4.78, 5) is 2.48. The van der Waals surface area contributed by atoms with Gasteiger partial charge in [0.15, 0.2) is 5.82 Å². The number of likely N-dealkylation sites (tertiary alicyclic amines) is 1. The van der Waals surface area contributed by atoms with E-state index in [1.807, 2.05) is 35.9 Å². The van der Waals surface area contributed by atoms with Crippen LogP contribution in [-0.2, 0) is 25.1 Å². The van der Waals surface area contributed by atoms with E-state index in [1.54, 1.807) is 12.1 Å². The van der Waals surface area contributed by atoms with Gasteiger partial charge in [-0.25, -0.2) is 0 Å². The Labute approximate surface area is 214 Å². The van der Waals surface area contributed by atoms with Crippen LogP contribution in [0.15, 0.2) is 48.5 Å². The number of rotatable bonds is 8. The third-order valence-corrected chi connectivity index (χ3v) is 7.70. The lowest BCUT2D eigenvalue weighted by Crippen LogP contribution is -2.27. The number of nitrogens with zero attached hydrogens (tertiary/aromatic N) is 4. The van der Waals surface area contributed by atoms with Crippen LogP contribution in [0.25, 0.3) is 11.4 Å². The van der Waals surface area contributed by atoms with Gasteiger partial charge in [0.1, 0.15) is 5.82 Å². The second-order valence-corrected chi connectivity index (χ2v) is 10.1. The number of fused-ring (bicyclic) bond motifs is 1. The predicted octanol–water partition coefficient (Wildman–Crippen LogP) is 6.56. The van der Waals surface area contributed by atoms with E-state index in [1.165, 1.54) is 12.1 Å². The van der Waals surface area contributed by atoms with E-state index in [2.05, 4.69) is 15.1 Å². The Hall–Kier alpha value is -2.09. The van der Waals surface area contributed by atoms with Gasteiger partial charge in [0.25, 0.3) is 0 Å². The van der Waals surface area contributed by atoms with Crippen LogP contribution >= 0.6 is 24.0 Å². The summed E-state index contributed by atoms with van der Waals surface area (Å²) >= 11 is 5.98. The van der Waals surface area contributed by atoms with Crippen LogP contribution < -0.4 is 0 Å². The normalized spacial score (nSPS) is 21.6. The van der Waals surface area contributed by atoms with Crippen molar-refractivity contribution in [2.45, 2.75) is 43.7 Å². The highest BCUT2D eigenvalue weighted by molar-refractivity contribution is 6.30. The molecule has 1 saturated heterocycles.